The third-order valence-corrected chi connectivity index (χ3v) is 4.98. The molecule has 0 spiro atoms. The Kier molecular flexibility index (Phi) is 10.5. The summed E-state index contributed by atoms with van der Waals surface area (Å²) in [5, 5.41) is 19.8. The third-order valence-electron chi connectivity index (χ3n) is 4.33. The Bertz CT molecular complexity index is 810. The van der Waals surface area contributed by atoms with Crippen molar-refractivity contribution in [2.75, 3.05) is 31.5 Å². The molecule has 6 nitrogen and oxygen atoms in total. The fourth-order valence-electron chi connectivity index (χ4n) is 2.61. The van der Waals surface area contributed by atoms with Gasteiger partial charge in [0.15, 0.2) is 0 Å². The summed E-state index contributed by atoms with van der Waals surface area (Å²) < 4.78 is 0. The minimum Gasteiger partial charge on any atom is -0.473 e. The maximum atomic E-state index is 9.10. The topological polar surface area (TPSA) is 89.9 Å². The summed E-state index contributed by atoms with van der Waals surface area (Å²) in [6.07, 6.45) is 0. The number of nitrogens with zero attached hydrogens (tertiary/aromatic N) is 1. The van der Waals surface area contributed by atoms with E-state index < -0.39 is 11.9 Å². The zero-order chi connectivity index (χ0) is 22.0. The number of hydrogen-bond donors (Lipinski definition) is 3. The Labute approximate surface area is 181 Å². The van der Waals surface area contributed by atoms with E-state index in [-0.39, 0.29) is 0 Å². The molecule has 0 aliphatic heterocycles. The first kappa shape index (κ1) is 24.8. The first-order chi connectivity index (χ1) is 13.7. The second kappa shape index (κ2) is 12.3. The van der Waals surface area contributed by atoms with Crippen LogP contribution in [0.1, 0.15) is 19.4 Å². The first-order valence-corrected chi connectivity index (χ1v) is 9.93. The normalized spacial score (nSPS) is 10.3. The molecule has 158 valence electrons. The predicted octanol–water partition coefficient (Wildman–Crippen LogP) is 4.88. The number of carboxylic acid groups (broad SMARTS) is 2. The second-order valence-electron chi connectivity index (χ2n) is 6.20. The van der Waals surface area contributed by atoms with E-state index in [9.17, 15) is 0 Å². The zero-order valence-electron chi connectivity index (χ0n) is 16.7. The van der Waals surface area contributed by atoms with Crippen molar-refractivity contribution in [2.24, 2.45) is 0 Å². The number of aliphatic carboxylic acids is 2. The molecule has 2 aromatic carbocycles. The maximum absolute atomic E-state index is 9.10. The van der Waals surface area contributed by atoms with Crippen LogP contribution in [0.5, 0.6) is 0 Å². The third kappa shape index (κ3) is 8.31. The van der Waals surface area contributed by atoms with Crippen molar-refractivity contribution < 1.29 is 19.8 Å². The quantitative estimate of drug-likeness (QED) is 0.531. The molecule has 2 rings (SSSR count). The van der Waals surface area contributed by atoms with Crippen LogP contribution in [0.3, 0.4) is 0 Å². The van der Waals surface area contributed by atoms with Gasteiger partial charge >= 0.3 is 11.9 Å². The molecule has 0 radical (unpaired) electrons. The van der Waals surface area contributed by atoms with Crippen molar-refractivity contribution in [3.05, 3.63) is 52.0 Å². The van der Waals surface area contributed by atoms with Crippen LogP contribution in [-0.2, 0) is 9.59 Å². The number of carboxylic acids is 2. The lowest BCUT2D eigenvalue weighted by atomic mass is 10.00. The van der Waals surface area contributed by atoms with Gasteiger partial charge in [-0.3, -0.25) is 0 Å². The SMILES string of the molecule is CCN(CC)CCNc1cc(Cl)c(C)c(-c2ccc(Cl)cc2)c1.O=C(O)C(=O)O. The molecule has 0 aliphatic carbocycles. The highest BCUT2D eigenvalue weighted by Crippen LogP contribution is 2.32. The Morgan fingerprint density at radius 3 is 2.03 bits per heavy atom. The van der Waals surface area contributed by atoms with Crippen LogP contribution in [0, 0.1) is 6.92 Å². The van der Waals surface area contributed by atoms with Crippen molar-refractivity contribution in [3.63, 3.8) is 0 Å². The number of nitrogens with one attached hydrogen (secondary N) is 1. The van der Waals surface area contributed by atoms with E-state index in [2.05, 4.69) is 30.1 Å². The van der Waals surface area contributed by atoms with Crippen LogP contribution >= 0.6 is 23.2 Å². The number of anilines is 1. The highest BCUT2D eigenvalue weighted by molar-refractivity contribution is 6.32. The minimum atomic E-state index is -1.82. The lowest BCUT2D eigenvalue weighted by Crippen LogP contribution is -2.28. The van der Waals surface area contributed by atoms with Gasteiger partial charge in [0.2, 0.25) is 0 Å². The summed E-state index contributed by atoms with van der Waals surface area (Å²) in [7, 11) is 0. The lowest BCUT2D eigenvalue weighted by Gasteiger charge is -2.19. The fourth-order valence-corrected chi connectivity index (χ4v) is 2.95. The molecular formula is C21H26Cl2N2O4. The molecule has 0 bridgehead atoms. The molecular weight excluding hydrogens is 415 g/mol. The molecule has 0 aromatic heterocycles. The summed E-state index contributed by atoms with van der Waals surface area (Å²) in [5.41, 5.74) is 4.40. The molecule has 8 heteroatoms. The first-order valence-electron chi connectivity index (χ1n) is 9.18. The van der Waals surface area contributed by atoms with E-state index in [1.54, 1.807) is 0 Å². The Morgan fingerprint density at radius 1 is 1.00 bits per heavy atom. The van der Waals surface area contributed by atoms with Crippen LogP contribution in [0.15, 0.2) is 36.4 Å². The molecule has 0 atom stereocenters. The molecule has 0 amide bonds. The molecule has 2 aromatic rings. The molecule has 0 heterocycles. The van der Waals surface area contributed by atoms with Gasteiger partial charge < -0.3 is 20.4 Å². The molecule has 3 N–H and O–H groups in total. The van der Waals surface area contributed by atoms with E-state index in [0.717, 1.165) is 58.6 Å². The molecule has 0 unspecified atom stereocenters. The molecule has 0 aliphatic rings. The number of halogens is 2. The maximum Gasteiger partial charge on any atom is 0.414 e. The number of benzene rings is 2. The largest absolute Gasteiger partial charge is 0.473 e. The predicted molar refractivity (Wildman–Crippen MR) is 118 cm³/mol. The fraction of sp³-hybridized carbons (Fsp3) is 0.333. The zero-order valence-corrected chi connectivity index (χ0v) is 18.2. The Hall–Kier alpha value is -2.28. The highest BCUT2D eigenvalue weighted by atomic mass is 35.5. The molecule has 0 saturated carbocycles. The molecule has 0 saturated heterocycles. The summed E-state index contributed by atoms with van der Waals surface area (Å²) >= 11 is 12.4. The van der Waals surface area contributed by atoms with E-state index >= 15 is 0 Å². The molecule has 29 heavy (non-hydrogen) atoms. The van der Waals surface area contributed by atoms with Gasteiger partial charge in [0, 0.05) is 28.8 Å². The standard InChI is InChI=1S/C19H24Cl2N2.C2H2O4/c1-4-23(5-2)11-10-22-17-12-18(14(3)19(21)13-17)15-6-8-16(20)9-7-15;3-1(4)2(5)6/h6-9,12-13,22H,4-5,10-11H2,1-3H3;(H,3,4)(H,5,6). The van der Waals surface area contributed by atoms with Gasteiger partial charge in [0.25, 0.3) is 0 Å². The van der Waals surface area contributed by atoms with Gasteiger partial charge in [-0.15, -0.1) is 0 Å². The van der Waals surface area contributed by atoms with Crippen molar-refractivity contribution >= 4 is 40.8 Å². The van der Waals surface area contributed by atoms with Crippen molar-refractivity contribution in [2.45, 2.75) is 20.8 Å². The summed E-state index contributed by atoms with van der Waals surface area (Å²) in [6.45, 7) is 10.5. The summed E-state index contributed by atoms with van der Waals surface area (Å²) in [5.74, 6) is -3.65. The minimum absolute atomic E-state index is 0.742. The van der Waals surface area contributed by atoms with Crippen LogP contribution in [-0.4, -0.2) is 53.2 Å². The van der Waals surface area contributed by atoms with Crippen molar-refractivity contribution in [1.29, 1.82) is 0 Å². The van der Waals surface area contributed by atoms with Crippen LogP contribution in [0.25, 0.3) is 11.1 Å². The second-order valence-corrected chi connectivity index (χ2v) is 7.05. The number of hydrogen-bond acceptors (Lipinski definition) is 4. The van der Waals surface area contributed by atoms with Gasteiger partial charge in [-0.25, -0.2) is 9.59 Å². The Morgan fingerprint density at radius 2 is 1.55 bits per heavy atom. The van der Waals surface area contributed by atoms with Gasteiger partial charge in [-0.05, 0) is 61.0 Å². The Balaban J connectivity index is 0.000000612. The smallest absolute Gasteiger partial charge is 0.414 e. The molecule has 0 fully saturated rings. The van der Waals surface area contributed by atoms with Crippen LogP contribution in [0.2, 0.25) is 10.0 Å². The van der Waals surface area contributed by atoms with Gasteiger partial charge in [-0.2, -0.15) is 0 Å². The van der Waals surface area contributed by atoms with Gasteiger partial charge in [0.1, 0.15) is 0 Å². The van der Waals surface area contributed by atoms with E-state index in [0.29, 0.717) is 0 Å². The average molecular weight is 441 g/mol. The van der Waals surface area contributed by atoms with E-state index in [1.165, 1.54) is 0 Å². The van der Waals surface area contributed by atoms with Crippen molar-refractivity contribution in [1.82, 2.24) is 4.90 Å². The van der Waals surface area contributed by atoms with Crippen molar-refractivity contribution in [3.8, 4) is 11.1 Å². The average Bonchev–Trinajstić information content (AvgIpc) is 2.69. The number of likely N-dealkylation sites (N-methyl/N-ethyl adjacent to an activating group) is 1. The monoisotopic (exact) mass is 440 g/mol. The van der Waals surface area contributed by atoms with Gasteiger partial charge in [-0.1, -0.05) is 49.2 Å². The number of carbonyl (C=O) groups is 2. The highest BCUT2D eigenvalue weighted by Gasteiger charge is 2.09. The number of rotatable bonds is 7. The lowest BCUT2D eigenvalue weighted by molar-refractivity contribution is -0.159. The van der Waals surface area contributed by atoms with Gasteiger partial charge in [0.05, 0.1) is 0 Å². The van der Waals surface area contributed by atoms with Crippen LogP contribution in [0.4, 0.5) is 5.69 Å². The van der Waals surface area contributed by atoms with Crippen LogP contribution < -0.4 is 5.32 Å². The van der Waals surface area contributed by atoms with E-state index in [1.807, 2.05) is 37.3 Å². The van der Waals surface area contributed by atoms with E-state index in [4.69, 9.17) is 43.0 Å². The summed E-state index contributed by atoms with van der Waals surface area (Å²) in [6, 6.07) is 12.0. The summed E-state index contributed by atoms with van der Waals surface area (Å²) in [4.78, 5) is 20.6.